The number of aromatic nitrogens is 3. The highest BCUT2D eigenvalue weighted by Gasteiger charge is 2.11. The molecular weight excluding hydrogens is 417 g/mol. The maximum absolute atomic E-state index is 15.2. The van der Waals surface area contributed by atoms with Crippen molar-refractivity contribution in [1.82, 2.24) is 25.6 Å². The first-order valence-electron chi connectivity index (χ1n) is 10.7. The molecule has 2 N–H and O–H groups in total. The molecule has 3 rings (SSSR count). The zero-order valence-electron chi connectivity index (χ0n) is 18.9. The van der Waals surface area contributed by atoms with Crippen LogP contribution in [0.25, 0.3) is 11.3 Å². The van der Waals surface area contributed by atoms with Gasteiger partial charge in [0.15, 0.2) is 5.82 Å². The Bertz CT molecular complexity index is 1120. The van der Waals surface area contributed by atoms with Gasteiger partial charge in [0.25, 0.3) is 0 Å². The Morgan fingerprint density at radius 2 is 2.03 bits per heavy atom. The Morgan fingerprint density at radius 1 is 1.15 bits per heavy atom. The third-order valence-corrected chi connectivity index (χ3v) is 4.94. The van der Waals surface area contributed by atoms with Crippen molar-refractivity contribution in [3.05, 3.63) is 89.2 Å². The van der Waals surface area contributed by atoms with Crippen LogP contribution in [-0.4, -0.2) is 41.6 Å². The minimum Gasteiger partial charge on any atom is -0.364 e. The van der Waals surface area contributed by atoms with E-state index >= 15 is 4.39 Å². The van der Waals surface area contributed by atoms with E-state index in [-0.39, 0.29) is 12.2 Å². The van der Waals surface area contributed by atoms with Gasteiger partial charge in [0, 0.05) is 61.5 Å². The second kappa shape index (κ2) is 12.3. The number of rotatable bonds is 11. The molecule has 0 unspecified atom stereocenters. The Hall–Kier alpha value is -3.78. The van der Waals surface area contributed by atoms with Crippen LogP contribution in [0.1, 0.15) is 22.5 Å². The number of allylic oxidation sites excluding steroid dienone is 1. The van der Waals surface area contributed by atoms with E-state index in [4.69, 9.17) is 0 Å². The molecule has 0 saturated carbocycles. The smallest absolute Gasteiger partial charge is 0.160 e. The van der Waals surface area contributed by atoms with E-state index in [9.17, 15) is 0 Å². The maximum Gasteiger partial charge on any atom is 0.160 e. The number of halogens is 1. The topological polar surface area (TPSA) is 87.5 Å². The fourth-order valence-electron chi connectivity index (χ4n) is 3.25. The number of hydrogen-bond acceptors (Lipinski definition) is 6. The Kier molecular flexibility index (Phi) is 8.90. The van der Waals surface area contributed by atoms with E-state index in [1.807, 2.05) is 50.4 Å². The van der Waals surface area contributed by atoms with Crippen LogP contribution in [0.15, 0.2) is 76.6 Å². The van der Waals surface area contributed by atoms with Gasteiger partial charge in [0.2, 0.25) is 0 Å². The minimum absolute atomic E-state index is 0.0856. The summed E-state index contributed by atoms with van der Waals surface area (Å²) < 4.78 is 15.2. The summed E-state index contributed by atoms with van der Waals surface area (Å²) in [7, 11) is 1.88. The predicted octanol–water partition coefficient (Wildman–Crippen LogP) is 3.81. The van der Waals surface area contributed by atoms with Crippen molar-refractivity contribution in [3.63, 3.8) is 0 Å². The molecule has 3 aromatic heterocycles. The maximum atomic E-state index is 15.2. The molecule has 33 heavy (non-hydrogen) atoms. The number of pyridine rings is 3. The lowest BCUT2D eigenvalue weighted by molar-refractivity contribution is 0.574. The first-order valence-corrected chi connectivity index (χ1v) is 10.7. The molecule has 0 aliphatic carbocycles. The van der Waals surface area contributed by atoms with E-state index < -0.39 is 5.83 Å². The molecule has 0 aliphatic rings. The van der Waals surface area contributed by atoms with Crippen molar-refractivity contribution in [2.24, 2.45) is 9.98 Å². The second-order valence-corrected chi connectivity index (χ2v) is 7.41. The number of aliphatic imine (C=N–C) groups is 2. The van der Waals surface area contributed by atoms with Gasteiger partial charge in [0.05, 0.1) is 5.69 Å². The van der Waals surface area contributed by atoms with Crippen molar-refractivity contribution in [2.45, 2.75) is 26.3 Å². The van der Waals surface area contributed by atoms with Crippen LogP contribution < -0.4 is 10.6 Å². The molecule has 3 aromatic rings. The van der Waals surface area contributed by atoms with Crippen LogP contribution in [0.5, 0.6) is 0 Å². The summed E-state index contributed by atoms with van der Waals surface area (Å²) in [6, 6.07) is 11.5. The van der Waals surface area contributed by atoms with Gasteiger partial charge in [0.1, 0.15) is 12.2 Å². The third kappa shape index (κ3) is 7.11. The summed E-state index contributed by atoms with van der Waals surface area (Å²) in [5, 5.41) is 6.15. The van der Waals surface area contributed by atoms with Crippen LogP contribution in [0.2, 0.25) is 0 Å². The van der Waals surface area contributed by atoms with E-state index in [0.29, 0.717) is 6.54 Å². The van der Waals surface area contributed by atoms with Gasteiger partial charge in [-0.15, -0.1) is 0 Å². The molecule has 0 radical (unpaired) electrons. The highest BCUT2D eigenvalue weighted by atomic mass is 19.1. The standard InChI is InChI=1S/C25H28FN7/c1-18-13-21(8-12-29-18)23-7-6-19(15-31-23)16-32-25(33-17-28-3)22(26)14-20-5-4-10-30-24(20)9-11-27-2/h4-8,10,12-13,15,17,27,32H,3,9,11,14,16H2,1-2H3/b25-22+,33-17?. The Labute approximate surface area is 193 Å². The number of likely N-dealkylation sites (N-methyl/N-ethyl adjacent to an activating group) is 1. The summed E-state index contributed by atoms with van der Waals surface area (Å²) >= 11 is 0. The molecule has 3 heterocycles. The van der Waals surface area contributed by atoms with Gasteiger partial charge in [-0.05, 0) is 56.1 Å². The number of nitrogens with one attached hydrogen (secondary N) is 2. The molecule has 0 atom stereocenters. The highest BCUT2D eigenvalue weighted by molar-refractivity contribution is 5.63. The van der Waals surface area contributed by atoms with E-state index in [2.05, 4.69) is 42.3 Å². The molecule has 0 bridgehead atoms. The SMILES string of the molecule is C=NC=N/C(NCc1ccc(-c2ccnc(C)c2)nc1)=C(/F)Cc1cccnc1CCNC. The molecule has 0 saturated heterocycles. The van der Waals surface area contributed by atoms with Crippen LogP contribution in [0.4, 0.5) is 4.39 Å². The van der Waals surface area contributed by atoms with Crippen LogP contribution in [-0.2, 0) is 19.4 Å². The minimum atomic E-state index is -0.398. The summed E-state index contributed by atoms with van der Waals surface area (Å²) in [6.07, 6.45) is 7.27. The zero-order chi connectivity index (χ0) is 23.5. The predicted molar refractivity (Wildman–Crippen MR) is 131 cm³/mol. The first kappa shape index (κ1) is 23.9. The lowest BCUT2D eigenvalue weighted by Gasteiger charge is -2.11. The monoisotopic (exact) mass is 445 g/mol. The quantitative estimate of drug-likeness (QED) is 0.346. The van der Waals surface area contributed by atoms with Gasteiger partial charge in [-0.2, -0.15) is 0 Å². The molecule has 8 heteroatoms. The van der Waals surface area contributed by atoms with Gasteiger partial charge in [-0.25, -0.2) is 9.38 Å². The van der Waals surface area contributed by atoms with Crippen molar-refractivity contribution in [3.8, 4) is 11.3 Å². The molecule has 0 aromatic carbocycles. The highest BCUT2D eigenvalue weighted by Crippen LogP contribution is 2.19. The van der Waals surface area contributed by atoms with E-state index in [1.54, 1.807) is 18.6 Å². The summed E-state index contributed by atoms with van der Waals surface area (Å²) in [5.74, 6) is -0.287. The van der Waals surface area contributed by atoms with Gasteiger partial charge in [-0.3, -0.25) is 19.9 Å². The second-order valence-electron chi connectivity index (χ2n) is 7.41. The third-order valence-electron chi connectivity index (χ3n) is 4.94. The zero-order valence-corrected chi connectivity index (χ0v) is 18.9. The molecular formula is C25H28FN7. The molecule has 0 amide bonds. The first-order chi connectivity index (χ1) is 16.1. The molecule has 170 valence electrons. The van der Waals surface area contributed by atoms with Gasteiger partial charge >= 0.3 is 0 Å². The largest absolute Gasteiger partial charge is 0.364 e. The van der Waals surface area contributed by atoms with E-state index in [1.165, 1.54) is 6.34 Å². The molecule has 0 aliphatic heterocycles. The lowest BCUT2D eigenvalue weighted by atomic mass is 10.1. The Balaban J connectivity index is 1.73. The average molecular weight is 446 g/mol. The normalized spacial score (nSPS) is 12.0. The number of aryl methyl sites for hydroxylation is 1. The summed E-state index contributed by atoms with van der Waals surface area (Å²) in [5.41, 5.74) is 5.37. The van der Waals surface area contributed by atoms with Crippen LogP contribution >= 0.6 is 0 Å². The van der Waals surface area contributed by atoms with Gasteiger partial charge in [-0.1, -0.05) is 12.1 Å². The number of nitrogens with zero attached hydrogens (tertiary/aromatic N) is 5. The van der Waals surface area contributed by atoms with Gasteiger partial charge < -0.3 is 10.6 Å². The fourth-order valence-corrected chi connectivity index (χ4v) is 3.25. The van der Waals surface area contributed by atoms with Crippen molar-refractivity contribution < 1.29 is 4.39 Å². The Morgan fingerprint density at radius 3 is 2.76 bits per heavy atom. The van der Waals surface area contributed by atoms with Crippen LogP contribution in [0, 0.1) is 6.92 Å². The number of hydrogen-bond donors (Lipinski definition) is 2. The molecule has 0 spiro atoms. The van der Waals surface area contributed by atoms with Crippen molar-refractivity contribution in [1.29, 1.82) is 0 Å². The van der Waals surface area contributed by atoms with Crippen molar-refractivity contribution >= 4 is 13.1 Å². The summed E-state index contributed by atoms with van der Waals surface area (Å²) in [4.78, 5) is 20.8. The summed E-state index contributed by atoms with van der Waals surface area (Å²) in [6.45, 7) is 6.45. The van der Waals surface area contributed by atoms with E-state index in [0.717, 1.165) is 46.7 Å². The molecule has 0 fully saturated rings. The average Bonchev–Trinajstić information content (AvgIpc) is 2.84. The fraction of sp³-hybridized carbons (Fsp3) is 0.240. The molecule has 7 nitrogen and oxygen atoms in total. The van der Waals surface area contributed by atoms with Crippen molar-refractivity contribution in [2.75, 3.05) is 13.6 Å². The van der Waals surface area contributed by atoms with Crippen LogP contribution in [0.3, 0.4) is 0 Å². The lowest BCUT2D eigenvalue weighted by Crippen LogP contribution is -2.15.